The number of hydrogen-bond acceptors (Lipinski definition) is 6. The Balaban J connectivity index is 2.94. The topological polar surface area (TPSA) is 55.3 Å². The van der Waals surface area contributed by atoms with Crippen molar-refractivity contribution in [3.63, 3.8) is 0 Å². The lowest BCUT2D eigenvalue weighted by Crippen LogP contribution is -2.43. The molecule has 0 radical (unpaired) electrons. The first-order valence-electron chi connectivity index (χ1n) is 7.17. The van der Waals surface area contributed by atoms with Gasteiger partial charge in [-0.05, 0) is 62.3 Å². The summed E-state index contributed by atoms with van der Waals surface area (Å²) in [5.74, 6) is 0.937. The second kappa shape index (κ2) is 5.75. The van der Waals surface area contributed by atoms with E-state index in [0.717, 1.165) is 0 Å². The SMILES string of the molecule is CC(C)(C)OC1=CN(OC(C)(C)C)NN=C1OC(C)(C)C. The molecule has 0 bridgehead atoms. The Morgan fingerprint density at radius 2 is 1.38 bits per heavy atom. The van der Waals surface area contributed by atoms with E-state index in [1.54, 1.807) is 6.20 Å². The van der Waals surface area contributed by atoms with Gasteiger partial charge in [0.25, 0.3) is 5.90 Å². The minimum Gasteiger partial charge on any atom is -0.481 e. The summed E-state index contributed by atoms with van der Waals surface area (Å²) in [6.07, 6.45) is 1.70. The molecule has 21 heavy (non-hydrogen) atoms. The number of nitrogens with zero attached hydrogens (tertiary/aromatic N) is 2. The van der Waals surface area contributed by atoms with E-state index in [9.17, 15) is 0 Å². The third-order valence-corrected chi connectivity index (χ3v) is 1.89. The Hall–Kier alpha value is -1.43. The molecule has 1 heterocycles. The van der Waals surface area contributed by atoms with Crippen molar-refractivity contribution in [1.29, 1.82) is 0 Å². The maximum atomic E-state index is 5.93. The summed E-state index contributed by atoms with van der Waals surface area (Å²) in [6.45, 7) is 17.7. The molecular weight excluding hydrogens is 270 g/mol. The molecule has 0 unspecified atom stereocenters. The third kappa shape index (κ3) is 7.22. The van der Waals surface area contributed by atoms with Gasteiger partial charge in [0, 0.05) is 0 Å². The highest BCUT2D eigenvalue weighted by molar-refractivity contribution is 5.92. The van der Waals surface area contributed by atoms with E-state index in [-0.39, 0.29) is 16.8 Å². The number of hydrazone groups is 1. The Kier molecular flexibility index (Phi) is 4.83. The molecule has 122 valence electrons. The predicted octanol–water partition coefficient (Wildman–Crippen LogP) is 3.32. The number of hydroxylamine groups is 1. The summed E-state index contributed by atoms with van der Waals surface area (Å²) in [5.41, 5.74) is 1.70. The molecule has 0 atom stereocenters. The number of ether oxygens (including phenoxy) is 2. The molecular formula is C15H29N3O3. The van der Waals surface area contributed by atoms with Crippen LogP contribution in [0.2, 0.25) is 0 Å². The molecule has 0 saturated carbocycles. The summed E-state index contributed by atoms with van der Waals surface area (Å²) in [4.78, 5) is 5.71. The zero-order chi connectivity index (χ0) is 16.5. The lowest BCUT2D eigenvalue weighted by atomic mass is 10.2. The molecule has 1 rings (SSSR count). The predicted molar refractivity (Wildman–Crippen MR) is 83.0 cm³/mol. The Morgan fingerprint density at radius 3 is 1.81 bits per heavy atom. The summed E-state index contributed by atoms with van der Waals surface area (Å²) < 4.78 is 11.8. The molecule has 0 aromatic rings. The summed E-state index contributed by atoms with van der Waals surface area (Å²) in [6, 6.07) is 0. The van der Waals surface area contributed by atoms with E-state index in [1.165, 1.54) is 5.17 Å². The van der Waals surface area contributed by atoms with Crippen LogP contribution in [0, 0.1) is 0 Å². The molecule has 1 N–H and O–H groups in total. The maximum Gasteiger partial charge on any atom is 0.277 e. The van der Waals surface area contributed by atoms with E-state index in [4.69, 9.17) is 14.3 Å². The molecule has 0 aromatic carbocycles. The van der Waals surface area contributed by atoms with Gasteiger partial charge in [0.1, 0.15) is 17.4 Å². The number of nitrogens with one attached hydrogen (secondary N) is 1. The molecule has 1 aliphatic heterocycles. The Morgan fingerprint density at radius 1 is 0.857 bits per heavy atom. The molecule has 1 aliphatic rings. The largest absolute Gasteiger partial charge is 0.481 e. The fraction of sp³-hybridized carbons (Fsp3) is 0.800. The highest BCUT2D eigenvalue weighted by Crippen LogP contribution is 2.22. The molecule has 6 heteroatoms. The van der Waals surface area contributed by atoms with Crippen molar-refractivity contribution in [3.05, 3.63) is 12.0 Å². The van der Waals surface area contributed by atoms with Gasteiger partial charge < -0.3 is 9.47 Å². The van der Waals surface area contributed by atoms with Crippen LogP contribution in [0.25, 0.3) is 0 Å². The lowest BCUT2D eigenvalue weighted by molar-refractivity contribution is -0.230. The van der Waals surface area contributed by atoms with Gasteiger partial charge in [-0.2, -0.15) is 5.53 Å². The van der Waals surface area contributed by atoms with Crippen molar-refractivity contribution in [2.45, 2.75) is 79.1 Å². The first-order valence-corrected chi connectivity index (χ1v) is 7.17. The lowest BCUT2D eigenvalue weighted by Gasteiger charge is -2.34. The van der Waals surface area contributed by atoms with E-state index < -0.39 is 0 Å². The molecule has 0 aliphatic carbocycles. The van der Waals surface area contributed by atoms with Gasteiger partial charge in [-0.25, -0.2) is 4.84 Å². The number of rotatable bonds is 2. The number of hydrazine groups is 1. The average Bonchev–Trinajstić information content (AvgIpc) is 2.15. The van der Waals surface area contributed by atoms with Crippen molar-refractivity contribution < 1.29 is 14.3 Å². The summed E-state index contributed by atoms with van der Waals surface area (Å²) in [7, 11) is 0. The minimum atomic E-state index is -0.367. The Labute approximate surface area is 128 Å². The third-order valence-electron chi connectivity index (χ3n) is 1.89. The molecule has 0 amide bonds. The van der Waals surface area contributed by atoms with E-state index in [1.807, 2.05) is 62.3 Å². The van der Waals surface area contributed by atoms with Crippen LogP contribution >= 0.6 is 0 Å². The van der Waals surface area contributed by atoms with Crippen LogP contribution in [-0.4, -0.2) is 27.9 Å². The molecule has 0 aromatic heterocycles. The smallest absolute Gasteiger partial charge is 0.277 e. The van der Waals surface area contributed by atoms with Crippen molar-refractivity contribution in [2.24, 2.45) is 5.10 Å². The first kappa shape index (κ1) is 17.6. The molecule has 0 fully saturated rings. The quantitative estimate of drug-likeness (QED) is 0.847. The maximum absolute atomic E-state index is 5.93. The Bertz CT molecular complexity index is 423. The fourth-order valence-electron chi connectivity index (χ4n) is 1.45. The van der Waals surface area contributed by atoms with Crippen LogP contribution in [0.4, 0.5) is 0 Å². The van der Waals surface area contributed by atoms with Crippen molar-refractivity contribution >= 4 is 5.90 Å². The summed E-state index contributed by atoms with van der Waals surface area (Å²) in [5, 5.41) is 5.63. The van der Waals surface area contributed by atoms with Gasteiger partial charge in [-0.15, -0.1) is 10.3 Å². The van der Waals surface area contributed by atoms with Gasteiger partial charge in [0.05, 0.1) is 5.60 Å². The second-order valence-corrected chi connectivity index (χ2v) is 7.97. The van der Waals surface area contributed by atoms with Crippen LogP contribution in [0.3, 0.4) is 0 Å². The first-order chi connectivity index (χ1) is 9.25. The highest BCUT2D eigenvalue weighted by atomic mass is 16.7. The molecule has 6 nitrogen and oxygen atoms in total. The van der Waals surface area contributed by atoms with E-state index in [2.05, 4.69) is 10.6 Å². The van der Waals surface area contributed by atoms with E-state index >= 15 is 0 Å². The average molecular weight is 299 g/mol. The van der Waals surface area contributed by atoms with Gasteiger partial charge >= 0.3 is 0 Å². The van der Waals surface area contributed by atoms with Gasteiger partial charge in [0.15, 0.2) is 0 Å². The zero-order valence-corrected chi connectivity index (χ0v) is 14.7. The van der Waals surface area contributed by atoms with Gasteiger partial charge in [-0.3, -0.25) is 0 Å². The van der Waals surface area contributed by atoms with Crippen molar-refractivity contribution in [2.75, 3.05) is 0 Å². The zero-order valence-electron chi connectivity index (χ0n) is 14.7. The monoisotopic (exact) mass is 299 g/mol. The van der Waals surface area contributed by atoms with Crippen molar-refractivity contribution in [3.8, 4) is 0 Å². The standard InChI is InChI=1S/C15H29N3O3/c1-13(2,3)19-11-10-18(21-15(7,8)9)17-16-12(11)20-14(4,5)6/h10,17H,1-9H3. The van der Waals surface area contributed by atoms with Gasteiger partial charge in [0.2, 0.25) is 5.76 Å². The summed E-state index contributed by atoms with van der Waals surface area (Å²) >= 11 is 0. The van der Waals surface area contributed by atoms with Crippen LogP contribution in [0.15, 0.2) is 17.1 Å². The minimum absolute atomic E-state index is 0.353. The molecule has 0 spiro atoms. The van der Waals surface area contributed by atoms with E-state index in [0.29, 0.717) is 11.7 Å². The van der Waals surface area contributed by atoms with Gasteiger partial charge in [-0.1, -0.05) is 0 Å². The normalized spacial score (nSPS) is 16.9. The fourth-order valence-corrected chi connectivity index (χ4v) is 1.45. The van der Waals surface area contributed by atoms with Crippen LogP contribution in [0.1, 0.15) is 62.3 Å². The van der Waals surface area contributed by atoms with Crippen LogP contribution in [0.5, 0.6) is 0 Å². The second-order valence-electron chi connectivity index (χ2n) is 7.97. The number of hydrogen-bond donors (Lipinski definition) is 1. The van der Waals surface area contributed by atoms with Crippen LogP contribution in [-0.2, 0) is 14.3 Å². The van der Waals surface area contributed by atoms with Crippen molar-refractivity contribution in [1.82, 2.24) is 10.7 Å². The van der Waals surface area contributed by atoms with Crippen LogP contribution < -0.4 is 5.53 Å². The highest BCUT2D eigenvalue weighted by Gasteiger charge is 2.28. The molecule has 0 saturated heterocycles.